The molecule has 2 aliphatic heterocycles. The maximum absolute atomic E-state index is 12.0. The van der Waals surface area contributed by atoms with E-state index in [-0.39, 0.29) is 6.03 Å². The van der Waals surface area contributed by atoms with Gasteiger partial charge in [0.25, 0.3) is 0 Å². The van der Waals surface area contributed by atoms with Crippen LogP contribution in [0.2, 0.25) is 0 Å². The molecule has 0 spiro atoms. The van der Waals surface area contributed by atoms with E-state index in [9.17, 15) is 4.79 Å². The van der Waals surface area contributed by atoms with Gasteiger partial charge in [0.2, 0.25) is 0 Å². The standard InChI is InChI=1S/C16H15IN4O/c1-20(2)16(22)19-15-13-6-4-3-5-11(13)9-21-10-12(17)7-8-14(21)18-15/h3-8,10H,9H2,1-2H3. The molecular weight excluding hydrogens is 391 g/mol. The van der Waals surface area contributed by atoms with E-state index in [1.165, 1.54) is 4.90 Å². The number of nitrogens with zero attached hydrogens (tertiary/aromatic N) is 4. The van der Waals surface area contributed by atoms with Gasteiger partial charge in [-0.2, -0.15) is 4.99 Å². The summed E-state index contributed by atoms with van der Waals surface area (Å²) in [6, 6.07) is 7.62. The van der Waals surface area contributed by atoms with Crippen molar-refractivity contribution >= 4 is 40.3 Å². The van der Waals surface area contributed by atoms with Crippen molar-refractivity contribution in [2.45, 2.75) is 6.54 Å². The SMILES string of the molecule is CN(C)C(=O)N=C1N=C2C=CC(I)=CN2Cc2ccccc21. The van der Waals surface area contributed by atoms with Gasteiger partial charge in [0.1, 0.15) is 5.84 Å². The summed E-state index contributed by atoms with van der Waals surface area (Å²) >= 11 is 2.28. The van der Waals surface area contributed by atoms with Crippen molar-refractivity contribution < 1.29 is 4.79 Å². The molecule has 0 aromatic heterocycles. The molecule has 112 valence electrons. The Balaban J connectivity index is 2.13. The molecule has 0 atom stereocenters. The van der Waals surface area contributed by atoms with Gasteiger partial charge in [-0.1, -0.05) is 24.3 Å². The number of allylic oxidation sites excluding steroid dienone is 2. The van der Waals surface area contributed by atoms with Crippen LogP contribution in [0.5, 0.6) is 0 Å². The third kappa shape index (κ3) is 2.96. The largest absolute Gasteiger partial charge is 0.345 e. The second-order valence-electron chi connectivity index (χ2n) is 5.21. The average molecular weight is 406 g/mol. The molecule has 0 fully saturated rings. The van der Waals surface area contributed by atoms with Gasteiger partial charge < -0.3 is 9.80 Å². The minimum absolute atomic E-state index is 0.312. The lowest BCUT2D eigenvalue weighted by Gasteiger charge is -2.21. The van der Waals surface area contributed by atoms with E-state index in [4.69, 9.17) is 0 Å². The van der Waals surface area contributed by atoms with Crippen LogP contribution >= 0.6 is 22.6 Å². The highest BCUT2D eigenvalue weighted by atomic mass is 127. The number of hydrogen-bond acceptors (Lipinski definition) is 2. The molecule has 0 unspecified atom stereocenters. The van der Waals surface area contributed by atoms with Crippen molar-refractivity contribution in [3.63, 3.8) is 0 Å². The summed E-state index contributed by atoms with van der Waals surface area (Å²) in [5.74, 6) is 1.25. The number of amides is 2. The lowest BCUT2D eigenvalue weighted by Crippen LogP contribution is -2.25. The van der Waals surface area contributed by atoms with Gasteiger partial charge >= 0.3 is 6.03 Å². The maximum atomic E-state index is 12.0. The first kappa shape index (κ1) is 15.0. The number of aliphatic imine (C=N–C) groups is 2. The monoisotopic (exact) mass is 406 g/mol. The zero-order chi connectivity index (χ0) is 15.7. The zero-order valence-corrected chi connectivity index (χ0v) is 14.5. The number of hydrogen-bond donors (Lipinski definition) is 0. The van der Waals surface area contributed by atoms with E-state index in [0.29, 0.717) is 12.4 Å². The van der Waals surface area contributed by atoms with Crippen molar-refractivity contribution in [3.05, 3.63) is 57.3 Å². The third-order valence-electron chi connectivity index (χ3n) is 3.37. The predicted molar refractivity (Wildman–Crippen MR) is 96.3 cm³/mol. The molecule has 1 aromatic carbocycles. The quantitative estimate of drug-likeness (QED) is 0.622. The molecule has 2 aliphatic rings. The van der Waals surface area contributed by atoms with Gasteiger partial charge in [0.15, 0.2) is 5.84 Å². The number of rotatable bonds is 0. The topological polar surface area (TPSA) is 48.3 Å². The van der Waals surface area contributed by atoms with E-state index in [1.807, 2.05) is 42.6 Å². The summed E-state index contributed by atoms with van der Waals surface area (Å²) in [6.45, 7) is 0.709. The smallest absolute Gasteiger partial charge is 0.329 e. The Hall–Kier alpha value is -1.96. The highest BCUT2D eigenvalue weighted by molar-refractivity contribution is 14.1. The molecule has 22 heavy (non-hydrogen) atoms. The summed E-state index contributed by atoms with van der Waals surface area (Å²) in [5.41, 5.74) is 2.00. The first-order chi connectivity index (χ1) is 10.5. The van der Waals surface area contributed by atoms with Gasteiger partial charge in [-0.3, -0.25) is 0 Å². The predicted octanol–water partition coefficient (Wildman–Crippen LogP) is 3.18. The second-order valence-corrected chi connectivity index (χ2v) is 6.46. The summed E-state index contributed by atoms with van der Waals surface area (Å²) < 4.78 is 1.14. The fourth-order valence-corrected chi connectivity index (χ4v) is 2.76. The van der Waals surface area contributed by atoms with Crippen LogP contribution in [0.3, 0.4) is 0 Å². The fraction of sp³-hybridized carbons (Fsp3) is 0.188. The molecule has 0 aliphatic carbocycles. The number of halogens is 1. The van der Waals surface area contributed by atoms with Gasteiger partial charge in [0.05, 0.1) is 0 Å². The highest BCUT2D eigenvalue weighted by Crippen LogP contribution is 2.23. The summed E-state index contributed by atoms with van der Waals surface area (Å²) in [6.07, 6.45) is 5.99. The Labute approximate surface area is 142 Å². The number of carbonyl (C=O) groups excluding carboxylic acids is 1. The number of benzene rings is 1. The molecule has 0 saturated carbocycles. The number of fused-ring (bicyclic) bond motifs is 2. The Morgan fingerprint density at radius 2 is 2.09 bits per heavy atom. The first-order valence-electron chi connectivity index (χ1n) is 6.83. The Morgan fingerprint density at radius 3 is 2.86 bits per heavy atom. The molecule has 2 amide bonds. The molecular formula is C16H15IN4O. The molecule has 3 rings (SSSR count). The van der Waals surface area contributed by atoms with Gasteiger partial charge in [0, 0.05) is 36.0 Å². The maximum Gasteiger partial charge on any atom is 0.345 e. The van der Waals surface area contributed by atoms with Gasteiger partial charge in [-0.15, -0.1) is 0 Å². The van der Waals surface area contributed by atoms with Crippen molar-refractivity contribution in [2.24, 2.45) is 9.98 Å². The average Bonchev–Trinajstić information content (AvgIpc) is 2.63. The summed E-state index contributed by atoms with van der Waals surface area (Å²) in [4.78, 5) is 24.3. The number of urea groups is 1. The fourth-order valence-electron chi connectivity index (χ4n) is 2.24. The van der Waals surface area contributed by atoms with Crippen LogP contribution in [-0.2, 0) is 6.54 Å². The summed E-state index contributed by atoms with van der Waals surface area (Å²) in [7, 11) is 3.36. The number of carbonyl (C=O) groups is 1. The van der Waals surface area contributed by atoms with Crippen LogP contribution < -0.4 is 0 Å². The third-order valence-corrected chi connectivity index (χ3v) is 4.01. The van der Waals surface area contributed by atoms with Crippen LogP contribution in [-0.4, -0.2) is 41.6 Å². The minimum atomic E-state index is -0.312. The molecule has 0 radical (unpaired) electrons. The van der Waals surface area contributed by atoms with Crippen molar-refractivity contribution in [1.82, 2.24) is 9.80 Å². The lowest BCUT2D eigenvalue weighted by atomic mass is 10.1. The van der Waals surface area contributed by atoms with Gasteiger partial charge in [-0.25, -0.2) is 9.79 Å². The van der Waals surface area contributed by atoms with E-state index in [1.54, 1.807) is 14.1 Å². The van der Waals surface area contributed by atoms with E-state index >= 15 is 0 Å². The Morgan fingerprint density at radius 1 is 1.32 bits per heavy atom. The number of amidine groups is 2. The van der Waals surface area contributed by atoms with E-state index < -0.39 is 0 Å². The van der Waals surface area contributed by atoms with Crippen LogP contribution in [0, 0.1) is 0 Å². The zero-order valence-electron chi connectivity index (χ0n) is 12.3. The Bertz CT molecular complexity index is 746. The molecule has 0 saturated heterocycles. The van der Waals surface area contributed by atoms with Crippen molar-refractivity contribution in [1.29, 1.82) is 0 Å². The van der Waals surface area contributed by atoms with Crippen molar-refractivity contribution in [2.75, 3.05) is 14.1 Å². The van der Waals surface area contributed by atoms with Crippen molar-refractivity contribution in [3.8, 4) is 0 Å². The molecule has 0 N–H and O–H groups in total. The Kier molecular flexibility index (Phi) is 4.10. The lowest BCUT2D eigenvalue weighted by molar-refractivity contribution is 0.227. The second kappa shape index (κ2) is 6.04. The van der Waals surface area contributed by atoms with Crippen LogP contribution in [0.15, 0.2) is 56.2 Å². The molecule has 6 heteroatoms. The van der Waals surface area contributed by atoms with Crippen LogP contribution in [0.25, 0.3) is 0 Å². The first-order valence-corrected chi connectivity index (χ1v) is 7.91. The molecule has 0 bridgehead atoms. The van der Waals surface area contributed by atoms with Crippen LogP contribution in [0.4, 0.5) is 4.79 Å². The van der Waals surface area contributed by atoms with Gasteiger partial charge in [-0.05, 0) is 40.3 Å². The van der Waals surface area contributed by atoms with Crippen LogP contribution in [0.1, 0.15) is 11.1 Å². The summed E-state index contributed by atoms with van der Waals surface area (Å²) in [5, 5.41) is 0. The highest BCUT2D eigenvalue weighted by Gasteiger charge is 2.21. The van der Waals surface area contributed by atoms with E-state index in [0.717, 1.165) is 20.5 Å². The molecule has 5 nitrogen and oxygen atoms in total. The normalized spacial score (nSPS) is 18.1. The minimum Gasteiger partial charge on any atom is -0.329 e. The van der Waals surface area contributed by atoms with E-state index in [2.05, 4.69) is 37.5 Å². The molecule has 2 heterocycles. The molecule has 1 aromatic rings.